The van der Waals surface area contributed by atoms with Gasteiger partial charge in [-0.05, 0) is 49.2 Å². The summed E-state index contributed by atoms with van der Waals surface area (Å²) >= 11 is 0. The van der Waals surface area contributed by atoms with Gasteiger partial charge in [0.25, 0.3) is 5.92 Å². The van der Waals surface area contributed by atoms with Crippen LogP contribution in [0.4, 0.5) is 19.3 Å². The number of nitrogens with one attached hydrogen (secondary N) is 3. The average molecular weight is 357 g/mol. The highest BCUT2D eigenvalue weighted by molar-refractivity contribution is 5.92. The molecule has 1 aromatic heterocycles. The summed E-state index contributed by atoms with van der Waals surface area (Å²) in [5.41, 5.74) is 2.42. The van der Waals surface area contributed by atoms with Gasteiger partial charge in [0, 0.05) is 41.3 Å². The molecule has 2 amide bonds. The molecule has 0 saturated carbocycles. The topological polar surface area (TPSA) is 56.9 Å². The fourth-order valence-corrected chi connectivity index (χ4v) is 2.90. The van der Waals surface area contributed by atoms with Crippen LogP contribution in [-0.2, 0) is 12.3 Å². The molecule has 0 bridgehead atoms. The zero-order chi connectivity index (χ0) is 18.7. The normalized spacial score (nSPS) is 12.8. The molecule has 0 fully saturated rings. The maximum Gasteiger partial charge on any atom is 0.319 e. The summed E-state index contributed by atoms with van der Waals surface area (Å²) in [6, 6.07) is 13.3. The number of alkyl halides is 2. The first-order chi connectivity index (χ1) is 12.3. The molecule has 3 rings (SSSR count). The number of carbonyl (C=O) groups excluding carboxylic acids is 1. The fourth-order valence-electron chi connectivity index (χ4n) is 2.90. The minimum Gasteiger partial charge on any atom is -0.361 e. The lowest BCUT2D eigenvalue weighted by molar-refractivity contribution is 0.0174. The number of aromatic amines is 1. The van der Waals surface area contributed by atoms with Gasteiger partial charge in [0.1, 0.15) is 0 Å². The molecule has 26 heavy (non-hydrogen) atoms. The van der Waals surface area contributed by atoms with Crippen LogP contribution in [0, 0.1) is 0 Å². The van der Waals surface area contributed by atoms with Crippen molar-refractivity contribution in [3.05, 3.63) is 65.9 Å². The van der Waals surface area contributed by atoms with Gasteiger partial charge in [-0.2, -0.15) is 0 Å². The van der Waals surface area contributed by atoms with Crippen molar-refractivity contribution in [2.75, 3.05) is 5.32 Å². The highest BCUT2D eigenvalue weighted by Gasteiger charge is 2.24. The third-order valence-corrected chi connectivity index (χ3v) is 4.16. The van der Waals surface area contributed by atoms with Gasteiger partial charge in [-0.25, -0.2) is 13.6 Å². The van der Waals surface area contributed by atoms with Gasteiger partial charge >= 0.3 is 6.03 Å². The SMILES string of the molecule is CC(Cc1cccc(C(C)(F)F)c1)NC(=O)Nc1ccc2[nH]ccc2c1. The van der Waals surface area contributed by atoms with E-state index in [4.69, 9.17) is 0 Å². The van der Waals surface area contributed by atoms with Crippen molar-refractivity contribution in [3.8, 4) is 0 Å². The quantitative estimate of drug-likeness (QED) is 0.589. The molecule has 2 aromatic carbocycles. The lowest BCUT2D eigenvalue weighted by atomic mass is 10.0. The van der Waals surface area contributed by atoms with Crippen LogP contribution < -0.4 is 10.6 Å². The van der Waals surface area contributed by atoms with Crippen molar-refractivity contribution in [3.63, 3.8) is 0 Å². The van der Waals surface area contributed by atoms with E-state index in [2.05, 4.69) is 15.6 Å². The Hall–Kier alpha value is -2.89. The largest absolute Gasteiger partial charge is 0.361 e. The first kappa shape index (κ1) is 17.9. The van der Waals surface area contributed by atoms with Crippen molar-refractivity contribution in [1.82, 2.24) is 10.3 Å². The number of carbonyl (C=O) groups is 1. The zero-order valence-corrected chi connectivity index (χ0v) is 14.6. The molecule has 0 saturated heterocycles. The standard InChI is InChI=1S/C20H21F2N3O/c1-13(10-14-4-3-5-16(11-14)20(2,21)22)24-19(26)25-17-6-7-18-15(12-17)8-9-23-18/h3-9,11-13,23H,10H2,1-2H3,(H2,24,25,26). The number of anilines is 1. The highest BCUT2D eigenvalue weighted by Crippen LogP contribution is 2.27. The molecule has 0 aliphatic carbocycles. The van der Waals surface area contributed by atoms with Gasteiger partial charge in [-0.1, -0.05) is 18.2 Å². The summed E-state index contributed by atoms with van der Waals surface area (Å²) in [6.45, 7) is 2.72. The monoisotopic (exact) mass is 357 g/mol. The Bertz CT molecular complexity index is 915. The lowest BCUT2D eigenvalue weighted by Crippen LogP contribution is -2.37. The smallest absolute Gasteiger partial charge is 0.319 e. The molecular formula is C20H21F2N3O. The van der Waals surface area contributed by atoms with E-state index >= 15 is 0 Å². The van der Waals surface area contributed by atoms with Crippen LogP contribution in [0.1, 0.15) is 25.0 Å². The molecule has 1 heterocycles. The summed E-state index contributed by atoms with van der Waals surface area (Å²) < 4.78 is 26.9. The summed E-state index contributed by atoms with van der Waals surface area (Å²) in [5, 5.41) is 6.63. The Labute approximate surface area is 150 Å². The first-order valence-corrected chi connectivity index (χ1v) is 8.43. The Balaban J connectivity index is 1.59. The molecule has 136 valence electrons. The number of urea groups is 1. The number of benzene rings is 2. The van der Waals surface area contributed by atoms with Crippen molar-refractivity contribution < 1.29 is 13.6 Å². The third-order valence-electron chi connectivity index (χ3n) is 4.16. The predicted molar refractivity (Wildman–Crippen MR) is 99.6 cm³/mol. The number of hydrogen-bond donors (Lipinski definition) is 3. The molecule has 0 aliphatic rings. The van der Waals surface area contributed by atoms with Crippen LogP contribution in [0.5, 0.6) is 0 Å². The van der Waals surface area contributed by atoms with Crippen molar-refractivity contribution in [2.45, 2.75) is 32.2 Å². The van der Waals surface area contributed by atoms with Gasteiger partial charge < -0.3 is 15.6 Å². The van der Waals surface area contributed by atoms with Crippen LogP contribution in [0.2, 0.25) is 0 Å². The summed E-state index contributed by atoms with van der Waals surface area (Å²) in [7, 11) is 0. The van der Waals surface area contributed by atoms with Crippen molar-refractivity contribution >= 4 is 22.6 Å². The Morgan fingerprint density at radius 2 is 2.00 bits per heavy atom. The molecule has 0 spiro atoms. The second-order valence-electron chi connectivity index (χ2n) is 6.57. The fraction of sp³-hybridized carbons (Fsp3) is 0.250. The molecule has 0 aliphatic heterocycles. The number of hydrogen-bond acceptors (Lipinski definition) is 1. The molecule has 1 unspecified atom stereocenters. The van der Waals surface area contributed by atoms with E-state index in [0.29, 0.717) is 12.1 Å². The number of halogens is 2. The number of H-pyrrole nitrogens is 1. The van der Waals surface area contributed by atoms with Gasteiger partial charge in [0.2, 0.25) is 0 Å². The number of aromatic nitrogens is 1. The maximum atomic E-state index is 13.4. The number of fused-ring (bicyclic) bond motifs is 1. The van der Waals surface area contributed by atoms with E-state index in [1.165, 1.54) is 12.1 Å². The second kappa shape index (κ2) is 7.15. The van der Waals surface area contributed by atoms with Crippen molar-refractivity contribution in [1.29, 1.82) is 0 Å². The Morgan fingerprint density at radius 1 is 1.19 bits per heavy atom. The maximum absolute atomic E-state index is 13.4. The molecule has 0 radical (unpaired) electrons. The molecule has 3 aromatic rings. The van der Waals surface area contributed by atoms with Crippen LogP contribution >= 0.6 is 0 Å². The van der Waals surface area contributed by atoms with Gasteiger partial charge in [-0.15, -0.1) is 0 Å². The summed E-state index contributed by atoms with van der Waals surface area (Å²) in [6.07, 6.45) is 2.30. The molecule has 4 nitrogen and oxygen atoms in total. The number of rotatable bonds is 5. The van der Waals surface area contributed by atoms with E-state index < -0.39 is 5.92 Å². The minimum atomic E-state index is -2.87. The van der Waals surface area contributed by atoms with E-state index in [-0.39, 0.29) is 17.6 Å². The van der Waals surface area contributed by atoms with Crippen LogP contribution in [0.15, 0.2) is 54.7 Å². The van der Waals surface area contributed by atoms with Crippen molar-refractivity contribution in [2.24, 2.45) is 0 Å². The Kier molecular flexibility index (Phi) is 4.93. The van der Waals surface area contributed by atoms with Crippen LogP contribution in [0.3, 0.4) is 0 Å². The zero-order valence-electron chi connectivity index (χ0n) is 14.6. The summed E-state index contributed by atoms with van der Waals surface area (Å²) in [5.74, 6) is -2.87. The van der Waals surface area contributed by atoms with E-state index in [1.54, 1.807) is 12.1 Å². The van der Waals surface area contributed by atoms with Crippen LogP contribution in [0.25, 0.3) is 10.9 Å². The predicted octanol–water partition coefficient (Wildman–Crippen LogP) is 5.03. The van der Waals surface area contributed by atoms with Gasteiger partial charge in [0.15, 0.2) is 0 Å². The van der Waals surface area contributed by atoms with Crippen LogP contribution in [-0.4, -0.2) is 17.1 Å². The molecule has 1 atom stereocenters. The van der Waals surface area contributed by atoms with Gasteiger partial charge in [0.05, 0.1) is 0 Å². The minimum absolute atomic E-state index is 0.0218. The third kappa shape index (κ3) is 4.39. The number of amides is 2. The van der Waals surface area contributed by atoms with E-state index in [1.807, 2.05) is 37.4 Å². The molecule has 3 N–H and O–H groups in total. The average Bonchev–Trinajstić information content (AvgIpc) is 3.01. The molecule has 6 heteroatoms. The van der Waals surface area contributed by atoms with E-state index in [0.717, 1.165) is 23.4 Å². The highest BCUT2D eigenvalue weighted by atomic mass is 19.3. The lowest BCUT2D eigenvalue weighted by Gasteiger charge is -2.16. The van der Waals surface area contributed by atoms with E-state index in [9.17, 15) is 13.6 Å². The summed E-state index contributed by atoms with van der Waals surface area (Å²) in [4.78, 5) is 15.3. The first-order valence-electron chi connectivity index (χ1n) is 8.43. The molecular weight excluding hydrogens is 336 g/mol. The second-order valence-corrected chi connectivity index (χ2v) is 6.57. The van der Waals surface area contributed by atoms with Gasteiger partial charge in [-0.3, -0.25) is 0 Å². The Morgan fingerprint density at radius 3 is 2.77 bits per heavy atom.